The number of hydrogen-bond donors (Lipinski definition) is 1. The molecular formula is C18H22OS. The molecule has 0 heterocycles. The van der Waals surface area contributed by atoms with Gasteiger partial charge >= 0.3 is 0 Å². The lowest BCUT2D eigenvalue weighted by Crippen LogP contribution is -2.19. The number of aryl methyl sites for hydroxylation is 1. The summed E-state index contributed by atoms with van der Waals surface area (Å²) in [6.45, 7) is 6.36. The molecule has 0 spiro atoms. The minimum atomic E-state index is -0.414. The van der Waals surface area contributed by atoms with Gasteiger partial charge < -0.3 is 5.11 Å². The minimum absolute atomic E-state index is 0.196. The van der Waals surface area contributed by atoms with E-state index in [2.05, 4.69) is 51.1 Å². The number of rotatable bonds is 5. The van der Waals surface area contributed by atoms with E-state index < -0.39 is 6.10 Å². The summed E-state index contributed by atoms with van der Waals surface area (Å²) < 4.78 is 0. The van der Waals surface area contributed by atoms with E-state index in [-0.39, 0.29) is 5.92 Å². The first-order valence-corrected chi connectivity index (χ1v) is 7.93. The Balaban J connectivity index is 2.07. The second-order valence-electron chi connectivity index (χ2n) is 5.30. The monoisotopic (exact) mass is 286 g/mol. The first-order chi connectivity index (χ1) is 9.59. The molecule has 0 fully saturated rings. The number of benzene rings is 2. The summed E-state index contributed by atoms with van der Waals surface area (Å²) in [4.78, 5) is 1.25. The predicted octanol–water partition coefficient (Wildman–Crippen LogP) is 4.85. The normalized spacial score (nSPS) is 15.6. The Bertz CT molecular complexity index is 538. The van der Waals surface area contributed by atoms with Gasteiger partial charge in [-0.15, -0.1) is 11.8 Å². The third-order valence-corrected chi connectivity index (χ3v) is 5.16. The highest BCUT2D eigenvalue weighted by Crippen LogP contribution is 2.35. The third-order valence-electron chi connectivity index (χ3n) is 3.81. The lowest BCUT2D eigenvalue weighted by molar-refractivity contribution is 0.118. The molecule has 0 radical (unpaired) electrons. The summed E-state index contributed by atoms with van der Waals surface area (Å²) in [7, 11) is 0. The van der Waals surface area contributed by atoms with Gasteiger partial charge in [-0.05, 0) is 36.1 Å². The number of thioether (sulfide) groups is 1. The standard InChI is InChI=1S/C18H22OS/c1-13-9-7-8-12-17(13)18(19)14(2)15(3)20-16-10-5-4-6-11-16/h4-12,14-15,18-19H,1-3H3. The Labute approximate surface area is 126 Å². The second kappa shape index (κ2) is 6.96. The molecule has 0 saturated heterocycles. The molecule has 2 aromatic carbocycles. The van der Waals surface area contributed by atoms with Crippen molar-refractivity contribution in [1.29, 1.82) is 0 Å². The first kappa shape index (κ1) is 15.1. The van der Waals surface area contributed by atoms with E-state index in [1.54, 1.807) is 0 Å². The fourth-order valence-corrected chi connectivity index (χ4v) is 3.39. The van der Waals surface area contributed by atoms with Crippen LogP contribution in [0.3, 0.4) is 0 Å². The molecule has 0 saturated carbocycles. The van der Waals surface area contributed by atoms with Crippen molar-refractivity contribution in [1.82, 2.24) is 0 Å². The average Bonchev–Trinajstić information content (AvgIpc) is 2.47. The van der Waals surface area contributed by atoms with Crippen molar-refractivity contribution in [2.24, 2.45) is 5.92 Å². The molecular weight excluding hydrogens is 264 g/mol. The Morgan fingerprint density at radius 2 is 1.50 bits per heavy atom. The Morgan fingerprint density at radius 1 is 0.900 bits per heavy atom. The fourth-order valence-electron chi connectivity index (χ4n) is 2.28. The van der Waals surface area contributed by atoms with E-state index in [9.17, 15) is 5.11 Å². The van der Waals surface area contributed by atoms with Gasteiger partial charge in [-0.2, -0.15) is 0 Å². The van der Waals surface area contributed by atoms with Gasteiger partial charge in [-0.25, -0.2) is 0 Å². The molecule has 0 aromatic heterocycles. The Hall–Kier alpha value is -1.25. The van der Waals surface area contributed by atoms with E-state index in [1.165, 1.54) is 4.90 Å². The van der Waals surface area contributed by atoms with Crippen LogP contribution in [0, 0.1) is 12.8 Å². The summed E-state index contributed by atoms with van der Waals surface area (Å²) in [5.74, 6) is 0.196. The molecule has 0 bridgehead atoms. The maximum atomic E-state index is 10.6. The SMILES string of the molecule is Cc1ccccc1C(O)C(C)C(C)Sc1ccccc1. The quantitative estimate of drug-likeness (QED) is 0.793. The molecule has 0 aliphatic rings. The van der Waals surface area contributed by atoms with E-state index >= 15 is 0 Å². The fraction of sp³-hybridized carbons (Fsp3) is 0.333. The van der Waals surface area contributed by atoms with Crippen molar-refractivity contribution in [2.75, 3.05) is 0 Å². The van der Waals surface area contributed by atoms with E-state index in [0.29, 0.717) is 5.25 Å². The molecule has 1 nitrogen and oxygen atoms in total. The third kappa shape index (κ3) is 3.65. The first-order valence-electron chi connectivity index (χ1n) is 7.05. The van der Waals surface area contributed by atoms with Gasteiger partial charge in [0.05, 0.1) is 6.10 Å². The molecule has 3 unspecified atom stereocenters. The van der Waals surface area contributed by atoms with Crippen LogP contribution in [-0.2, 0) is 0 Å². The molecule has 2 aromatic rings. The predicted molar refractivity (Wildman–Crippen MR) is 87.1 cm³/mol. The van der Waals surface area contributed by atoms with Crippen LogP contribution in [0.4, 0.5) is 0 Å². The highest BCUT2D eigenvalue weighted by molar-refractivity contribution is 8.00. The lowest BCUT2D eigenvalue weighted by atomic mass is 9.92. The molecule has 0 aliphatic carbocycles. The van der Waals surface area contributed by atoms with Crippen molar-refractivity contribution in [3.05, 3.63) is 65.7 Å². The summed E-state index contributed by atoms with van der Waals surface area (Å²) in [6, 6.07) is 18.5. The Kier molecular flexibility index (Phi) is 5.27. The smallest absolute Gasteiger partial charge is 0.0828 e. The Morgan fingerprint density at radius 3 is 2.15 bits per heavy atom. The van der Waals surface area contributed by atoms with Crippen molar-refractivity contribution in [2.45, 2.75) is 37.0 Å². The lowest BCUT2D eigenvalue weighted by Gasteiger charge is -2.26. The largest absolute Gasteiger partial charge is 0.388 e. The van der Waals surface area contributed by atoms with Crippen LogP contribution >= 0.6 is 11.8 Å². The van der Waals surface area contributed by atoms with Gasteiger partial charge in [-0.1, -0.05) is 56.3 Å². The van der Waals surface area contributed by atoms with Crippen LogP contribution in [0.2, 0.25) is 0 Å². The number of hydrogen-bond acceptors (Lipinski definition) is 2. The van der Waals surface area contributed by atoms with Crippen molar-refractivity contribution >= 4 is 11.8 Å². The molecule has 106 valence electrons. The molecule has 0 amide bonds. The highest BCUT2D eigenvalue weighted by Gasteiger charge is 2.23. The minimum Gasteiger partial charge on any atom is -0.388 e. The number of aliphatic hydroxyl groups is 1. The van der Waals surface area contributed by atoms with Crippen molar-refractivity contribution in [3.63, 3.8) is 0 Å². The van der Waals surface area contributed by atoms with Crippen LogP contribution in [0.5, 0.6) is 0 Å². The maximum absolute atomic E-state index is 10.6. The van der Waals surface area contributed by atoms with Crippen LogP contribution in [-0.4, -0.2) is 10.4 Å². The van der Waals surface area contributed by atoms with Gasteiger partial charge in [0.25, 0.3) is 0 Å². The van der Waals surface area contributed by atoms with Crippen molar-refractivity contribution < 1.29 is 5.11 Å². The average molecular weight is 286 g/mol. The summed E-state index contributed by atoms with van der Waals surface area (Å²) in [5, 5.41) is 11.0. The van der Waals surface area contributed by atoms with Crippen LogP contribution in [0.25, 0.3) is 0 Å². The van der Waals surface area contributed by atoms with Crippen LogP contribution in [0.1, 0.15) is 31.1 Å². The zero-order chi connectivity index (χ0) is 14.5. The zero-order valence-electron chi connectivity index (χ0n) is 12.3. The molecule has 1 N–H and O–H groups in total. The van der Waals surface area contributed by atoms with E-state index in [0.717, 1.165) is 11.1 Å². The van der Waals surface area contributed by atoms with Crippen molar-refractivity contribution in [3.8, 4) is 0 Å². The van der Waals surface area contributed by atoms with Gasteiger partial charge in [0.1, 0.15) is 0 Å². The van der Waals surface area contributed by atoms with Crippen LogP contribution < -0.4 is 0 Å². The molecule has 2 rings (SSSR count). The maximum Gasteiger partial charge on any atom is 0.0828 e. The van der Waals surface area contributed by atoms with E-state index in [1.807, 2.05) is 36.0 Å². The number of aliphatic hydroxyl groups excluding tert-OH is 1. The van der Waals surface area contributed by atoms with Gasteiger partial charge in [0, 0.05) is 10.1 Å². The zero-order valence-corrected chi connectivity index (χ0v) is 13.1. The van der Waals surface area contributed by atoms with E-state index in [4.69, 9.17) is 0 Å². The highest BCUT2D eigenvalue weighted by atomic mass is 32.2. The molecule has 3 atom stereocenters. The molecule has 2 heteroatoms. The van der Waals surface area contributed by atoms with Gasteiger partial charge in [-0.3, -0.25) is 0 Å². The topological polar surface area (TPSA) is 20.2 Å². The molecule has 0 aliphatic heterocycles. The van der Waals surface area contributed by atoms with Crippen LogP contribution in [0.15, 0.2) is 59.5 Å². The summed E-state index contributed by atoms with van der Waals surface area (Å²) >= 11 is 1.82. The van der Waals surface area contributed by atoms with Gasteiger partial charge in [0.15, 0.2) is 0 Å². The molecule has 20 heavy (non-hydrogen) atoms. The van der Waals surface area contributed by atoms with Gasteiger partial charge in [0.2, 0.25) is 0 Å². The second-order valence-corrected chi connectivity index (χ2v) is 6.75. The summed E-state index contributed by atoms with van der Waals surface area (Å²) in [5.41, 5.74) is 2.20. The summed E-state index contributed by atoms with van der Waals surface area (Å²) in [6.07, 6.45) is -0.414.